The lowest BCUT2D eigenvalue weighted by molar-refractivity contribution is -0.119. The summed E-state index contributed by atoms with van der Waals surface area (Å²) in [4.78, 5) is 38.4. The van der Waals surface area contributed by atoms with E-state index in [0.717, 1.165) is 23.1 Å². The standard InChI is InChI=1S/C23H18FN5O7S3/c24-13-8-12(11-4-2-1-3-5-11)17(21-29-28-15(36-21)9-14-20(30)27-23(32)37-14)19-18(13)26-16(38-19)10-39(33,34)7-6-35-22(25)31/h1-5,8,14H,6-7,9-10H2,(H2,25,31)(H,27,30,32). The molecule has 4 aromatic rings. The van der Waals surface area contributed by atoms with E-state index in [9.17, 15) is 22.8 Å². The highest BCUT2D eigenvalue weighted by Gasteiger charge is 2.33. The first-order chi connectivity index (χ1) is 18.6. The number of fused-ring (bicyclic) bond motifs is 1. The van der Waals surface area contributed by atoms with Gasteiger partial charge >= 0.3 is 6.09 Å². The number of hydrogen-bond donors (Lipinski definition) is 2. The van der Waals surface area contributed by atoms with Crippen LogP contribution in [0.2, 0.25) is 0 Å². The molecular weight excluding hydrogens is 573 g/mol. The molecule has 3 heterocycles. The zero-order valence-corrected chi connectivity index (χ0v) is 22.2. The molecule has 1 atom stereocenters. The highest BCUT2D eigenvalue weighted by molar-refractivity contribution is 8.15. The Morgan fingerprint density at radius 1 is 1.21 bits per heavy atom. The lowest BCUT2D eigenvalue weighted by atomic mass is 9.99. The SMILES string of the molecule is NC(=O)OCCS(=O)(=O)Cc1nc2c(F)cc(-c3ccccc3)c(-c3nnc(CC4SC(=O)NC4=O)o3)c2s1. The number of carbonyl (C=O) groups is 3. The van der Waals surface area contributed by atoms with Crippen LogP contribution in [0.5, 0.6) is 0 Å². The van der Waals surface area contributed by atoms with E-state index in [-0.39, 0.29) is 33.4 Å². The average molecular weight is 592 g/mol. The molecule has 1 aliphatic rings. The maximum atomic E-state index is 15.3. The van der Waals surface area contributed by atoms with Crippen molar-refractivity contribution in [3.05, 3.63) is 53.1 Å². The average Bonchev–Trinajstić information content (AvgIpc) is 3.58. The first kappa shape index (κ1) is 26.7. The number of amides is 3. The Morgan fingerprint density at radius 2 is 1.97 bits per heavy atom. The Labute approximate surface area is 228 Å². The number of halogens is 1. The van der Waals surface area contributed by atoms with Crippen LogP contribution in [-0.2, 0) is 31.5 Å². The molecular formula is C23H18FN5O7S3. The molecule has 1 fully saturated rings. The molecule has 3 amide bonds. The van der Waals surface area contributed by atoms with Crippen molar-refractivity contribution in [2.45, 2.75) is 17.4 Å². The van der Waals surface area contributed by atoms with E-state index in [1.165, 1.54) is 6.07 Å². The van der Waals surface area contributed by atoms with Gasteiger partial charge in [-0.05, 0) is 17.2 Å². The van der Waals surface area contributed by atoms with Gasteiger partial charge in [-0.3, -0.25) is 14.9 Å². The van der Waals surface area contributed by atoms with Crippen LogP contribution in [0.25, 0.3) is 32.8 Å². The highest BCUT2D eigenvalue weighted by atomic mass is 32.2. The molecule has 3 N–H and O–H groups in total. The van der Waals surface area contributed by atoms with Crippen molar-refractivity contribution in [2.75, 3.05) is 12.4 Å². The first-order valence-electron chi connectivity index (χ1n) is 11.2. The van der Waals surface area contributed by atoms with Gasteiger partial charge in [-0.15, -0.1) is 21.5 Å². The van der Waals surface area contributed by atoms with Crippen LogP contribution in [0.15, 0.2) is 40.8 Å². The summed E-state index contributed by atoms with van der Waals surface area (Å²) in [5, 5.41) is 9.23. The number of carbonyl (C=O) groups excluding carboxylic acids is 3. The number of hydrogen-bond acceptors (Lipinski definition) is 12. The largest absolute Gasteiger partial charge is 0.449 e. The molecule has 0 aliphatic carbocycles. The molecule has 202 valence electrons. The summed E-state index contributed by atoms with van der Waals surface area (Å²) in [6, 6.07) is 10.1. The summed E-state index contributed by atoms with van der Waals surface area (Å²) in [6.07, 6.45) is -1.09. The molecule has 0 saturated carbocycles. The van der Waals surface area contributed by atoms with Crippen molar-refractivity contribution in [1.29, 1.82) is 0 Å². The molecule has 5 rings (SSSR count). The number of thioether (sulfide) groups is 1. The Balaban J connectivity index is 1.55. The molecule has 2 aromatic carbocycles. The molecule has 39 heavy (non-hydrogen) atoms. The van der Waals surface area contributed by atoms with Crippen LogP contribution < -0.4 is 11.1 Å². The molecule has 0 bridgehead atoms. The number of ether oxygens (including phenoxy) is 1. The quantitative estimate of drug-likeness (QED) is 0.291. The van der Waals surface area contributed by atoms with Gasteiger partial charge in [0, 0.05) is 6.42 Å². The Hall–Kier alpha value is -3.89. The van der Waals surface area contributed by atoms with Gasteiger partial charge in [-0.25, -0.2) is 22.6 Å². The van der Waals surface area contributed by atoms with E-state index in [4.69, 9.17) is 10.2 Å². The van der Waals surface area contributed by atoms with Gasteiger partial charge in [0.1, 0.15) is 28.1 Å². The Kier molecular flexibility index (Phi) is 7.33. The third kappa shape index (κ3) is 5.91. The fraction of sp³-hybridized carbons (Fsp3) is 0.217. The number of nitrogens with one attached hydrogen (secondary N) is 1. The van der Waals surface area contributed by atoms with Crippen LogP contribution >= 0.6 is 23.1 Å². The fourth-order valence-corrected chi connectivity index (χ4v) is 7.28. The lowest BCUT2D eigenvalue weighted by Gasteiger charge is -2.08. The monoisotopic (exact) mass is 591 g/mol. The van der Waals surface area contributed by atoms with Crippen molar-refractivity contribution in [2.24, 2.45) is 5.73 Å². The van der Waals surface area contributed by atoms with Gasteiger partial charge in [0.05, 0.1) is 16.0 Å². The van der Waals surface area contributed by atoms with Gasteiger partial charge in [0.2, 0.25) is 17.7 Å². The van der Waals surface area contributed by atoms with Gasteiger partial charge < -0.3 is 14.9 Å². The minimum absolute atomic E-state index is 0.000193. The summed E-state index contributed by atoms with van der Waals surface area (Å²) in [5.74, 6) is -2.05. The van der Waals surface area contributed by atoms with Gasteiger partial charge in [-0.2, -0.15) is 0 Å². The second kappa shape index (κ2) is 10.7. The predicted octanol–water partition coefficient (Wildman–Crippen LogP) is 3.06. The number of nitrogens with zero attached hydrogens (tertiary/aromatic N) is 3. The minimum Gasteiger partial charge on any atom is -0.449 e. The van der Waals surface area contributed by atoms with Crippen LogP contribution in [0.1, 0.15) is 10.9 Å². The first-order valence-corrected chi connectivity index (χ1v) is 14.8. The van der Waals surface area contributed by atoms with Crippen molar-refractivity contribution < 1.29 is 36.3 Å². The van der Waals surface area contributed by atoms with Crippen molar-refractivity contribution in [1.82, 2.24) is 20.5 Å². The van der Waals surface area contributed by atoms with E-state index in [2.05, 4.69) is 25.2 Å². The third-order valence-corrected chi connectivity index (χ3v) is 9.28. The Morgan fingerprint density at radius 3 is 2.67 bits per heavy atom. The van der Waals surface area contributed by atoms with Crippen LogP contribution in [0.4, 0.5) is 14.0 Å². The number of primary amides is 1. The summed E-state index contributed by atoms with van der Waals surface area (Å²) in [7, 11) is -3.78. The van der Waals surface area contributed by atoms with E-state index >= 15 is 4.39 Å². The van der Waals surface area contributed by atoms with Crippen molar-refractivity contribution in [3.63, 3.8) is 0 Å². The number of benzene rings is 2. The fourth-order valence-electron chi connectivity index (χ4n) is 3.86. The molecule has 1 unspecified atom stereocenters. The summed E-state index contributed by atoms with van der Waals surface area (Å²) >= 11 is 1.77. The summed E-state index contributed by atoms with van der Waals surface area (Å²) in [6.45, 7) is -0.423. The number of imide groups is 1. The molecule has 16 heteroatoms. The van der Waals surface area contributed by atoms with Crippen molar-refractivity contribution >= 4 is 60.4 Å². The highest BCUT2D eigenvalue weighted by Crippen LogP contribution is 2.42. The van der Waals surface area contributed by atoms with Gasteiger partial charge in [0.25, 0.3) is 5.24 Å². The summed E-state index contributed by atoms with van der Waals surface area (Å²) < 4.78 is 51.0. The van der Waals surface area contributed by atoms with E-state index in [0.29, 0.717) is 16.7 Å². The van der Waals surface area contributed by atoms with Crippen LogP contribution in [0.3, 0.4) is 0 Å². The number of rotatable bonds is 9. The molecule has 2 aromatic heterocycles. The van der Waals surface area contributed by atoms with Crippen molar-refractivity contribution in [3.8, 4) is 22.6 Å². The zero-order chi connectivity index (χ0) is 27.7. The number of aromatic nitrogens is 3. The van der Waals surface area contributed by atoms with Gasteiger partial charge in [-0.1, -0.05) is 42.1 Å². The van der Waals surface area contributed by atoms with Crippen LogP contribution in [0, 0.1) is 5.82 Å². The lowest BCUT2D eigenvalue weighted by Crippen LogP contribution is -2.25. The normalized spacial score (nSPS) is 15.6. The maximum absolute atomic E-state index is 15.3. The maximum Gasteiger partial charge on any atom is 0.404 e. The van der Waals surface area contributed by atoms with Gasteiger partial charge in [0.15, 0.2) is 15.7 Å². The second-order valence-corrected chi connectivity index (χ2v) is 12.7. The predicted molar refractivity (Wildman–Crippen MR) is 140 cm³/mol. The smallest absolute Gasteiger partial charge is 0.404 e. The molecule has 0 radical (unpaired) electrons. The topological polar surface area (TPSA) is 184 Å². The van der Waals surface area contributed by atoms with Crippen LogP contribution in [-0.4, -0.2) is 58.4 Å². The van der Waals surface area contributed by atoms with E-state index in [1.807, 2.05) is 0 Å². The number of sulfone groups is 1. The third-order valence-electron chi connectivity index (χ3n) is 5.54. The minimum atomic E-state index is -3.78. The Bertz CT molecular complexity index is 1710. The zero-order valence-electron chi connectivity index (χ0n) is 19.7. The second-order valence-electron chi connectivity index (χ2n) is 8.28. The molecule has 1 saturated heterocycles. The molecule has 0 spiro atoms. The summed E-state index contributed by atoms with van der Waals surface area (Å²) in [5.41, 5.74) is 6.18. The number of nitrogens with two attached hydrogens (primary N) is 1. The molecule has 12 nitrogen and oxygen atoms in total. The van der Waals surface area contributed by atoms with E-state index < -0.39 is 56.3 Å². The number of thiazole rings is 1. The molecule has 1 aliphatic heterocycles. The van der Waals surface area contributed by atoms with E-state index in [1.54, 1.807) is 30.3 Å².